The topological polar surface area (TPSA) is 164 Å². The molecule has 0 spiro atoms. The normalized spacial score (nSPS) is 11.0. The Morgan fingerprint density at radius 2 is 1.75 bits per heavy atom. The number of pyridine rings is 1. The van der Waals surface area contributed by atoms with Crippen LogP contribution in [0.4, 0.5) is 5.69 Å². The van der Waals surface area contributed by atoms with Gasteiger partial charge in [0.05, 0.1) is 16.1 Å². The smallest absolute Gasteiger partial charge is 0.282 e. The number of carbonyl (C=O) groups is 1. The number of nitrogens with two attached hydrogens (primary N) is 3. The summed E-state index contributed by atoms with van der Waals surface area (Å²) in [6.07, 6.45) is 3.77. The fourth-order valence-corrected chi connectivity index (χ4v) is 2.90. The van der Waals surface area contributed by atoms with E-state index in [1.807, 2.05) is 0 Å². The highest BCUT2D eigenvalue weighted by Crippen LogP contribution is 2.26. The third-order valence-electron chi connectivity index (χ3n) is 3.07. The maximum Gasteiger partial charge on any atom is 0.282 e. The Morgan fingerprint density at radius 1 is 1.17 bits per heavy atom. The summed E-state index contributed by atoms with van der Waals surface area (Å²) in [5, 5.41) is 0. The minimum absolute atomic E-state index is 0.00824. The number of guanidine groups is 1. The molecule has 1 aromatic carbocycles. The van der Waals surface area contributed by atoms with E-state index in [0.717, 1.165) is 12.3 Å². The van der Waals surface area contributed by atoms with Crippen molar-refractivity contribution < 1.29 is 13.2 Å². The van der Waals surface area contributed by atoms with Crippen molar-refractivity contribution in [2.24, 2.45) is 16.5 Å². The Bertz CT molecular complexity index is 984. The van der Waals surface area contributed by atoms with Gasteiger partial charge in [0.1, 0.15) is 0 Å². The molecule has 1 amide bonds. The number of aromatic nitrogens is 1. The first kappa shape index (κ1) is 17.2. The van der Waals surface area contributed by atoms with Crippen LogP contribution >= 0.6 is 0 Å². The van der Waals surface area contributed by atoms with Gasteiger partial charge in [0.25, 0.3) is 5.91 Å². The molecule has 0 saturated heterocycles. The van der Waals surface area contributed by atoms with Crippen LogP contribution in [0.25, 0.3) is 5.69 Å². The highest BCUT2D eigenvalue weighted by molar-refractivity contribution is 7.90. The van der Waals surface area contributed by atoms with Gasteiger partial charge in [-0.2, -0.15) is 4.99 Å². The van der Waals surface area contributed by atoms with E-state index in [4.69, 9.17) is 17.2 Å². The van der Waals surface area contributed by atoms with Gasteiger partial charge in [-0.15, -0.1) is 0 Å². The van der Waals surface area contributed by atoms with Crippen molar-refractivity contribution >= 4 is 27.4 Å². The molecule has 0 radical (unpaired) electrons. The van der Waals surface area contributed by atoms with Gasteiger partial charge in [-0.3, -0.25) is 9.59 Å². The van der Waals surface area contributed by atoms with Crippen molar-refractivity contribution in [3.05, 3.63) is 52.4 Å². The van der Waals surface area contributed by atoms with Crippen LogP contribution in [0.15, 0.2) is 51.3 Å². The number of nitrogen functional groups attached to an aromatic ring is 1. The minimum atomic E-state index is -3.71. The predicted molar refractivity (Wildman–Crippen MR) is 89.7 cm³/mol. The van der Waals surface area contributed by atoms with Gasteiger partial charge in [-0.25, -0.2) is 8.42 Å². The maximum absolute atomic E-state index is 12.1. The second kappa shape index (κ2) is 6.16. The van der Waals surface area contributed by atoms with Gasteiger partial charge < -0.3 is 21.8 Å². The first-order valence-corrected chi connectivity index (χ1v) is 8.45. The summed E-state index contributed by atoms with van der Waals surface area (Å²) in [4.78, 5) is 26.4. The van der Waals surface area contributed by atoms with E-state index in [1.54, 1.807) is 0 Å². The zero-order chi connectivity index (χ0) is 18.1. The number of aliphatic imine (C=N–C) groups is 1. The number of hydrogen-bond donors (Lipinski definition) is 3. The number of sulfone groups is 1. The van der Waals surface area contributed by atoms with E-state index < -0.39 is 21.7 Å². The van der Waals surface area contributed by atoms with Crippen molar-refractivity contribution in [3.63, 3.8) is 0 Å². The van der Waals surface area contributed by atoms with Gasteiger partial charge in [0, 0.05) is 36.5 Å². The first-order valence-electron chi connectivity index (χ1n) is 6.56. The molecule has 6 N–H and O–H groups in total. The minimum Gasteiger partial charge on any atom is -0.398 e. The Hall–Kier alpha value is -3.14. The highest BCUT2D eigenvalue weighted by atomic mass is 32.2. The standard InChI is InChI=1S/C14H15N5O4S/c1-24(22,23)12-6-9(13(21)18-14(16)17)10(15)7-11(12)19-4-2-8(20)3-5-19/h2-7H,15H2,1H3,(H4,16,17,18,21). The molecule has 0 aliphatic heterocycles. The monoisotopic (exact) mass is 349 g/mol. The summed E-state index contributed by atoms with van der Waals surface area (Å²) in [6.45, 7) is 0. The summed E-state index contributed by atoms with van der Waals surface area (Å²) >= 11 is 0. The van der Waals surface area contributed by atoms with Crippen LogP contribution in [0, 0.1) is 0 Å². The second-order valence-corrected chi connectivity index (χ2v) is 6.95. The summed E-state index contributed by atoms with van der Waals surface area (Å²) in [5.41, 5.74) is 15.9. The fourth-order valence-electron chi connectivity index (χ4n) is 2.02. The fraction of sp³-hybridized carbons (Fsp3) is 0.0714. The molecule has 2 rings (SSSR count). The molecule has 0 aliphatic rings. The molecule has 2 aromatic rings. The number of benzene rings is 1. The molecule has 0 fully saturated rings. The number of anilines is 1. The van der Waals surface area contributed by atoms with E-state index in [1.165, 1.54) is 35.2 Å². The lowest BCUT2D eigenvalue weighted by Gasteiger charge is -2.14. The predicted octanol–water partition coefficient (Wildman–Crippen LogP) is -0.763. The van der Waals surface area contributed by atoms with Gasteiger partial charge in [-0.1, -0.05) is 0 Å². The lowest BCUT2D eigenvalue weighted by molar-refractivity contribution is 0.100. The largest absolute Gasteiger partial charge is 0.398 e. The molecule has 0 aliphatic carbocycles. The SMILES string of the molecule is CS(=O)(=O)c1cc(C(=O)N=C(N)N)c(N)cc1-n1ccc(=O)cc1. The van der Waals surface area contributed by atoms with Gasteiger partial charge in [0.15, 0.2) is 21.2 Å². The quantitative estimate of drug-likeness (QED) is 0.372. The molecular weight excluding hydrogens is 334 g/mol. The number of amides is 1. The molecule has 0 bridgehead atoms. The van der Waals surface area contributed by atoms with Crippen LogP contribution in [-0.4, -0.2) is 31.1 Å². The zero-order valence-electron chi connectivity index (χ0n) is 12.6. The zero-order valence-corrected chi connectivity index (χ0v) is 13.4. The van der Waals surface area contributed by atoms with Crippen LogP contribution in [0.1, 0.15) is 10.4 Å². The van der Waals surface area contributed by atoms with Crippen molar-refractivity contribution in [1.82, 2.24) is 4.57 Å². The number of nitrogens with zero attached hydrogens (tertiary/aromatic N) is 2. The van der Waals surface area contributed by atoms with E-state index >= 15 is 0 Å². The molecule has 9 nitrogen and oxygen atoms in total. The summed E-state index contributed by atoms with van der Waals surface area (Å²) in [7, 11) is -3.71. The third kappa shape index (κ3) is 3.60. The van der Waals surface area contributed by atoms with Crippen LogP contribution in [-0.2, 0) is 9.84 Å². The summed E-state index contributed by atoms with van der Waals surface area (Å²) in [5.74, 6) is -1.33. The molecule has 1 aromatic heterocycles. The molecular formula is C14H15N5O4S. The first-order chi connectivity index (χ1) is 11.1. The molecule has 10 heteroatoms. The van der Waals surface area contributed by atoms with Crippen molar-refractivity contribution in [2.45, 2.75) is 4.90 Å². The van der Waals surface area contributed by atoms with Gasteiger partial charge in [0.2, 0.25) is 0 Å². The molecule has 0 saturated carbocycles. The molecule has 0 unspecified atom stereocenters. The average molecular weight is 349 g/mol. The van der Waals surface area contributed by atoms with Crippen molar-refractivity contribution in [3.8, 4) is 5.69 Å². The number of rotatable bonds is 3. The number of carbonyl (C=O) groups excluding carboxylic acids is 1. The van der Waals surface area contributed by atoms with Gasteiger partial charge in [-0.05, 0) is 12.1 Å². The van der Waals surface area contributed by atoms with Crippen molar-refractivity contribution in [2.75, 3.05) is 12.0 Å². The van der Waals surface area contributed by atoms with E-state index in [0.29, 0.717) is 0 Å². The van der Waals surface area contributed by atoms with Crippen molar-refractivity contribution in [1.29, 1.82) is 0 Å². The van der Waals surface area contributed by atoms with Crippen LogP contribution < -0.4 is 22.6 Å². The lowest BCUT2D eigenvalue weighted by atomic mass is 10.1. The van der Waals surface area contributed by atoms with Crippen LogP contribution in [0.5, 0.6) is 0 Å². The van der Waals surface area contributed by atoms with Crippen LogP contribution in [0.2, 0.25) is 0 Å². The van der Waals surface area contributed by atoms with Gasteiger partial charge >= 0.3 is 0 Å². The Labute approximate surface area is 137 Å². The summed E-state index contributed by atoms with van der Waals surface area (Å²) < 4.78 is 25.6. The molecule has 1 heterocycles. The number of hydrogen-bond acceptors (Lipinski definition) is 5. The molecule has 24 heavy (non-hydrogen) atoms. The average Bonchev–Trinajstić information content (AvgIpc) is 2.45. The highest BCUT2D eigenvalue weighted by Gasteiger charge is 2.20. The lowest BCUT2D eigenvalue weighted by Crippen LogP contribution is -2.24. The Kier molecular flexibility index (Phi) is 4.42. The third-order valence-corrected chi connectivity index (χ3v) is 4.19. The molecule has 0 atom stereocenters. The van der Waals surface area contributed by atoms with Crippen LogP contribution in [0.3, 0.4) is 0 Å². The summed E-state index contributed by atoms with van der Waals surface area (Å²) in [6, 6.07) is 4.94. The van der Waals surface area contributed by atoms with E-state index in [-0.39, 0.29) is 27.3 Å². The van der Waals surface area contributed by atoms with E-state index in [2.05, 4.69) is 4.99 Å². The second-order valence-electron chi connectivity index (χ2n) is 4.96. The molecule has 126 valence electrons. The maximum atomic E-state index is 12.1. The van der Waals surface area contributed by atoms with E-state index in [9.17, 15) is 18.0 Å². The Balaban J connectivity index is 2.76. The Morgan fingerprint density at radius 3 is 2.25 bits per heavy atom.